The lowest BCUT2D eigenvalue weighted by molar-refractivity contribution is 0.0951. The topological polar surface area (TPSA) is 38.3 Å². The maximum absolute atomic E-state index is 13.1. The van der Waals surface area contributed by atoms with Gasteiger partial charge >= 0.3 is 0 Å². The predicted octanol–water partition coefficient (Wildman–Crippen LogP) is 6.52. The summed E-state index contributed by atoms with van der Waals surface area (Å²) in [7, 11) is 0. The van der Waals surface area contributed by atoms with E-state index in [1.54, 1.807) is 6.07 Å². The largest absolute Gasteiger partial charge is 0.489 e. The van der Waals surface area contributed by atoms with Crippen molar-refractivity contribution < 1.29 is 9.53 Å². The number of carbonyl (C=O) groups excluding carboxylic acids is 1. The van der Waals surface area contributed by atoms with Gasteiger partial charge in [-0.05, 0) is 52.6 Å². The summed E-state index contributed by atoms with van der Waals surface area (Å²) in [6.45, 7) is 0.881. The van der Waals surface area contributed by atoms with Gasteiger partial charge in [0, 0.05) is 11.6 Å². The molecule has 4 aromatic rings. The Hall–Kier alpha value is -3.56. The van der Waals surface area contributed by atoms with Gasteiger partial charge < -0.3 is 10.1 Å². The Kier molecular flexibility index (Phi) is 6.65. The van der Waals surface area contributed by atoms with Crippen molar-refractivity contribution in [2.45, 2.75) is 13.2 Å². The van der Waals surface area contributed by atoms with Crippen molar-refractivity contribution in [2.75, 3.05) is 0 Å². The number of hydrogen-bond acceptors (Lipinski definition) is 2. The summed E-state index contributed by atoms with van der Waals surface area (Å²) in [4.78, 5) is 13.1. The van der Waals surface area contributed by atoms with E-state index in [9.17, 15) is 4.79 Å². The first-order valence-electron chi connectivity index (χ1n) is 10.1. The van der Waals surface area contributed by atoms with Crippen LogP contribution in [0.5, 0.6) is 5.75 Å². The Bertz CT molecular complexity index is 1160. The van der Waals surface area contributed by atoms with Crippen LogP contribution >= 0.6 is 11.6 Å². The summed E-state index contributed by atoms with van der Waals surface area (Å²) >= 11 is 6.19. The number of carbonyl (C=O) groups is 1. The highest BCUT2D eigenvalue weighted by atomic mass is 35.5. The lowest BCUT2D eigenvalue weighted by atomic mass is 9.98. The third kappa shape index (κ3) is 5.53. The summed E-state index contributed by atoms with van der Waals surface area (Å²) < 4.78 is 5.95. The normalized spacial score (nSPS) is 10.5. The van der Waals surface area contributed by atoms with E-state index in [2.05, 4.69) is 5.32 Å². The Morgan fingerprint density at radius 1 is 0.774 bits per heavy atom. The molecule has 0 aromatic heterocycles. The van der Waals surface area contributed by atoms with Gasteiger partial charge in [-0.15, -0.1) is 0 Å². The molecular formula is C27H22ClNO2. The molecule has 1 amide bonds. The van der Waals surface area contributed by atoms with Crippen molar-refractivity contribution in [2.24, 2.45) is 0 Å². The molecule has 0 saturated heterocycles. The van der Waals surface area contributed by atoms with Crippen LogP contribution in [0.15, 0.2) is 103 Å². The van der Waals surface area contributed by atoms with Gasteiger partial charge in [0.2, 0.25) is 0 Å². The number of nitrogens with one attached hydrogen (secondary N) is 1. The van der Waals surface area contributed by atoms with Crippen LogP contribution in [0.25, 0.3) is 11.1 Å². The second kappa shape index (κ2) is 9.96. The number of halogens is 1. The molecule has 0 heterocycles. The zero-order valence-corrected chi connectivity index (χ0v) is 17.7. The van der Waals surface area contributed by atoms with E-state index < -0.39 is 0 Å². The van der Waals surface area contributed by atoms with Gasteiger partial charge in [0.25, 0.3) is 5.91 Å². The summed E-state index contributed by atoms with van der Waals surface area (Å²) in [5, 5.41) is 3.64. The Morgan fingerprint density at radius 3 is 2.19 bits per heavy atom. The van der Waals surface area contributed by atoms with Crippen molar-refractivity contribution in [3.8, 4) is 16.9 Å². The zero-order chi connectivity index (χ0) is 21.5. The van der Waals surface area contributed by atoms with Crippen LogP contribution in [0.2, 0.25) is 5.02 Å². The van der Waals surface area contributed by atoms with Crippen LogP contribution < -0.4 is 10.1 Å². The lowest BCUT2D eigenvalue weighted by Crippen LogP contribution is -2.23. The number of ether oxygens (including phenoxy) is 1. The van der Waals surface area contributed by atoms with Crippen LogP contribution in [0.4, 0.5) is 0 Å². The fourth-order valence-electron chi connectivity index (χ4n) is 3.32. The monoisotopic (exact) mass is 427 g/mol. The molecule has 0 aliphatic rings. The Morgan fingerprint density at radius 2 is 1.48 bits per heavy atom. The summed E-state index contributed by atoms with van der Waals surface area (Å²) in [6, 6.07) is 32.8. The minimum Gasteiger partial charge on any atom is -0.489 e. The van der Waals surface area contributed by atoms with Gasteiger partial charge in [-0.25, -0.2) is 0 Å². The van der Waals surface area contributed by atoms with Crippen LogP contribution in [0, 0.1) is 0 Å². The van der Waals surface area contributed by atoms with E-state index >= 15 is 0 Å². The standard InChI is InChI=1S/C27H22ClNO2/c28-23-13-7-12-22(16-23)25-15-14-24(31-19-21-10-5-2-6-11-21)17-26(25)27(30)29-18-20-8-3-1-4-9-20/h1-17H,18-19H2,(H,29,30). The average molecular weight is 428 g/mol. The molecule has 4 heteroatoms. The number of rotatable bonds is 7. The molecule has 0 aliphatic carbocycles. The van der Waals surface area contributed by atoms with Crippen LogP contribution in [-0.2, 0) is 13.2 Å². The molecule has 31 heavy (non-hydrogen) atoms. The lowest BCUT2D eigenvalue weighted by Gasteiger charge is -2.14. The van der Waals surface area contributed by atoms with Crippen molar-refractivity contribution in [1.29, 1.82) is 0 Å². The third-order valence-electron chi connectivity index (χ3n) is 4.92. The third-order valence-corrected chi connectivity index (χ3v) is 5.15. The molecule has 0 unspecified atom stereocenters. The van der Waals surface area contributed by atoms with Crippen molar-refractivity contribution in [3.05, 3.63) is 125 Å². The van der Waals surface area contributed by atoms with Crippen molar-refractivity contribution >= 4 is 17.5 Å². The molecule has 4 aromatic carbocycles. The smallest absolute Gasteiger partial charge is 0.252 e. The molecule has 0 fully saturated rings. The molecule has 154 valence electrons. The molecule has 0 bridgehead atoms. The maximum atomic E-state index is 13.1. The Balaban J connectivity index is 1.60. The molecular weight excluding hydrogens is 406 g/mol. The summed E-state index contributed by atoms with van der Waals surface area (Å²) in [5.74, 6) is 0.475. The number of benzene rings is 4. The van der Waals surface area contributed by atoms with E-state index in [4.69, 9.17) is 16.3 Å². The maximum Gasteiger partial charge on any atom is 0.252 e. The molecule has 4 rings (SSSR count). The van der Waals surface area contributed by atoms with Gasteiger partial charge in [-0.2, -0.15) is 0 Å². The van der Waals surface area contributed by atoms with Crippen LogP contribution in [0.1, 0.15) is 21.5 Å². The van der Waals surface area contributed by atoms with E-state index in [0.717, 1.165) is 22.3 Å². The van der Waals surface area contributed by atoms with Crippen LogP contribution in [-0.4, -0.2) is 5.91 Å². The first kappa shape index (κ1) is 20.7. The van der Waals surface area contributed by atoms with Gasteiger partial charge in [0.05, 0.1) is 5.56 Å². The van der Waals surface area contributed by atoms with Gasteiger partial charge in [-0.3, -0.25) is 4.79 Å². The van der Waals surface area contributed by atoms with E-state index in [-0.39, 0.29) is 5.91 Å². The van der Waals surface area contributed by atoms with Gasteiger partial charge in [0.1, 0.15) is 12.4 Å². The van der Waals surface area contributed by atoms with E-state index in [1.807, 2.05) is 97.1 Å². The summed E-state index contributed by atoms with van der Waals surface area (Å²) in [6.07, 6.45) is 0. The fraction of sp³-hybridized carbons (Fsp3) is 0.0741. The van der Waals surface area contributed by atoms with Crippen molar-refractivity contribution in [3.63, 3.8) is 0 Å². The minimum atomic E-state index is -0.163. The van der Waals surface area contributed by atoms with Crippen molar-refractivity contribution in [1.82, 2.24) is 5.32 Å². The molecule has 0 spiro atoms. The molecule has 0 saturated carbocycles. The zero-order valence-electron chi connectivity index (χ0n) is 16.9. The minimum absolute atomic E-state index is 0.163. The Labute approximate surface area is 187 Å². The molecule has 0 aliphatic heterocycles. The molecule has 1 N–H and O–H groups in total. The average Bonchev–Trinajstić information content (AvgIpc) is 2.82. The fourth-order valence-corrected chi connectivity index (χ4v) is 3.51. The second-order valence-electron chi connectivity index (χ2n) is 7.16. The highest BCUT2D eigenvalue weighted by Gasteiger charge is 2.15. The van der Waals surface area contributed by atoms with E-state index in [0.29, 0.717) is 29.5 Å². The van der Waals surface area contributed by atoms with Crippen LogP contribution in [0.3, 0.4) is 0 Å². The quantitative estimate of drug-likeness (QED) is 0.364. The number of hydrogen-bond donors (Lipinski definition) is 1. The second-order valence-corrected chi connectivity index (χ2v) is 7.60. The van der Waals surface area contributed by atoms with Gasteiger partial charge in [0.15, 0.2) is 0 Å². The number of amides is 1. The SMILES string of the molecule is O=C(NCc1ccccc1)c1cc(OCc2ccccc2)ccc1-c1cccc(Cl)c1. The first-order chi connectivity index (χ1) is 15.2. The van der Waals surface area contributed by atoms with Gasteiger partial charge in [-0.1, -0.05) is 84.4 Å². The summed E-state index contributed by atoms with van der Waals surface area (Å²) in [5.41, 5.74) is 4.34. The molecule has 3 nitrogen and oxygen atoms in total. The predicted molar refractivity (Wildman–Crippen MR) is 125 cm³/mol. The molecule has 0 radical (unpaired) electrons. The first-order valence-corrected chi connectivity index (χ1v) is 10.5. The highest BCUT2D eigenvalue weighted by Crippen LogP contribution is 2.29. The van der Waals surface area contributed by atoms with E-state index in [1.165, 1.54) is 0 Å². The highest BCUT2D eigenvalue weighted by molar-refractivity contribution is 6.30. The molecule has 0 atom stereocenters.